The first-order chi connectivity index (χ1) is 5.88. The van der Waals surface area contributed by atoms with Crippen LogP contribution >= 0.6 is 0 Å². The van der Waals surface area contributed by atoms with Crippen LogP contribution in [-0.4, -0.2) is 16.4 Å². The highest BCUT2D eigenvalue weighted by Crippen LogP contribution is 1.95. The van der Waals surface area contributed by atoms with Crippen LogP contribution in [0, 0.1) is 0 Å². The maximum absolute atomic E-state index is 5.50. The van der Waals surface area contributed by atoms with Crippen LogP contribution in [-0.2, 0) is 10.8 Å². The van der Waals surface area contributed by atoms with E-state index in [1.165, 1.54) is 10.8 Å². The lowest BCUT2D eigenvalue weighted by atomic mass is 10.2. The normalized spacial score (nSPS) is 11.2. The van der Waals surface area contributed by atoms with Crippen molar-refractivity contribution in [3.8, 4) is 0 Å². The second-order valence-electron chi connectivity index (χ2n) is 2.76. The first-order valence-electron chi connectivity index (χ1n) is 4.53. The van der Waals surface area contributed by atoms with Gasteiger partial charge in [-0.25, -0.2) is 0 Å². The van der Waals surface area contributed by atoms with Crippen LogP contribution in [0.25, 0.3) is 0 Å². The van der Waals surface area contributed by atoms with Crippen LogP contribution < -0.4 is 5.19 Å². The Morgan fingerprint density at radius 2 is 2.00 bits per heavy atom. The molecule has 0 unspecified atom stereocenters. The average Bonchev–Trinajstić information content (AvgIpc) is 2.15. The van der Waals surface area contributed by atoms with Crippen molar-refractivity contribution in [2.45, 2.75) is 20.3 Å². The number of benzene rings is 1. The van der Waals surface area contributed by atoms with E-state index in [-0.39, 0.29) is 0 Å². The topological polar surface area (TPSA) is 9.23 Å². The molecule has 0 aliphatic heterocycles. The maximum Gasteiger partial charge on any atom is 0.192 e. The monoisotopic (exact) mass is 180 g/mol. The number of aryl methyl sites for hydroxylation is 1. The fourth-order valence-electron chi connectivity index (χ4n) is 1.26. The highest BCUT2D eigenvalue weighted by Gasteiger charge is 1.98. The van der Waals surface area contributed by atoms with Crippen molar-refractivity contribution >= 4 is 14.9 Å². The molecule has 0 bridgehead atoms. The Hall–Kier alpha value is -0.603. The van der Waals surface area contributed by atoms with E-state index in [1.54, 1.807) is 0 Å². The third-order valence-electron chi connectivity index (χ3n) is 1.96. The van der Waals surface area contributed by atoms with Gasteiger partial charge in [0, 0.05) is 6.61 Å². The summed E-state index contributed by atoms with van der Waals surface area (Å²) in [6, 6.07) is 8.59. The fraction of sp³-hybridized carbons (Fsp3) is 0.400. The molecule has 0 aliphatic carbocycles. The summed E-state index contributed by atoms with van der Waals surface area (Å²) in [5.74, 6) is 0. The van der Waals surface area contributed by atoms with Gasteiger partial charge in [0.25, 0.3) is 0 Å². The molecule has 1 nitrogen and oxygen atoms in total. The van der Waals surface area contributed by atoms with Crippen LogP contribution in [0.1, 0.15) is 19.4 Å². The molecule has 0 aliphatic rings. The van der Waals surface area contributed by atoms with Crippen LogP contribution in [0.3, 0.4) is 0 Å². The summed E-state index contributed by atoms with van der Waals surface area (Å²) in [5, 5.41) is 1.46. The predicted octanol–water partition coefficient (Wildman–Crippen LogP) is 0.995. The Balaban J connectivity index is 2.68. The molecule has 0 spiro atoms. The Morgan fingerprint density at radius 3 is 2.67 bits per heavy atom. The van der Waals surface area contributed by atoms with Crippen molar-refractivity contribution in [2.75, 3.05) is 6.61 Å². The highest BCUT2D eigenvalue weighted by molar-refractivity contribution is 6.47. The van der Waals surface area contributed by atoms with Crippen LogP contribution in [0.15, 0.2) is 24.3 Å². The zero-order valence-electron chi connectivity index (χ0n) is 7.84. The minimum Gasteiger partial charge on any atom is -0.419 e. The third kappa shape index (κ3) is 2.46. The minimum absolute atomic E-state index is 0.451. The van der Waals surface area contributed by atoms with Gasteiger partial charge < -0.3 is 4.43 Å². The SMILES string of the molecule is CCO[SiH2]c1ccccc1CC. The van der Waals surface area contributed by atoms with Crippen molar-refractivity contribution in [3.63, 3.8) is 0 Å². The quantitative estimate of drug-likeness (QED) is 0.628. The van der Waals surface area contributed by atoms with E-state index in [4.69, 9.17) is 4.43 Å². The van der Waals surface area contributed by atoms with Gasteiger partial charge in [0.15, 0.2) is 9.76 Å². The van der Waals surface area contributed by atoms with E-state index in [0.29, 0.717) is 0 Å². The van der Waals surface area contributed by atoms with Gasteiger partial charge in [-0.2, -0.15) is 0 Å². The molecule has 0 aromatic heterocycles. The summed E-state index contributed by atoms with van der Waals surface area (Å²) in [5.41, 5.74) is 1.46. The Bertz CT molecular complexity index is 235. The molecule has 0 heterocycles. The summed E-state index contributed by atoms with van der Waals surface area (Å²) in [6.45, 7) is 5.10. The van der Waals surface area contributed by atoms with Crippen molar-refractivity contribution in [1.29, 1.82) is 0 Å². The molecular formula is C10H16OSi. The Kier molecular flexibility index (Phi) is 4.04. The highest BCUT2D eigenvalue weighted by atomic mass is 28.2. The molecular weight excluding hydrogens is 164 g/mol. The van der Waals surface area contributed by atoms with Crippen LogP contribution in [0.2, 0.25) is 0 Å². The molecule has 0 N–H and O–H groups in total. The zero-order valence-corrected chi connectivity index (χ0v) is 9.25. The summed E-state index contributed by atoms with van der Waals surface area (Å²) in [7, 11) is -0.451. The Morgan fingerprint density at radius 1 is 1.25 bits per heavy atom. The van der Waals surface area contributed by atoms with Crippen molar-refractivity contribution in [3.05, 3.63) is 29.8 Å². The van der Waals surface area contributed by atoms with Gasteiger partial charge in [0.05, 0.1) is 0 Å². The molecule has 0 saturated carbocycles. The molecule has 1 aromatic carbocycles. The number of rotatable bonds is 4. The van der Waals surface area contributed by atoms with E-state index >= 15 is 0 Å². The Labute approximate surface area is 76.7 Å². The standard InChI is InChI=1S/C10H16OSi/c1-3-9-7-5-6-8-10(9)12-11-4-2/h5-8H,3-4,12H2,1-2H3. The van der Waals surface area contributed by atoms with Gasteiger partial charge in [0.1, 0.15) is 0 Å². The van der Waals surface area contributed by atoms with Gasteiger partial charge in [-0.3, -0.25) is 0 Å². The molecule has 1 aromatic rings. The molecule has 66 valence electrons. The molecule has 0 fully saturated rings. The fourth-order valence-corrected chi connectivity index (χ4v) is 2.46. The van der Waals surface area contributed by atoms with E-state index < -0.39 is 9.76 Å². The lowest BCUT2D eigenvalue weighted by Gasteiger charge is -2.05. The molecule has 0 amide bonds. The molecule has 0 saturated heterocycles. The van der Waals surface area contributed by atoms with Crippen molar-refractivity contribution in [2.24, 2.45) is 0 Å². The van der Waals surface area contributed by atoms with E-state index in [1.807, 2.05) is 0 Å². The molecule has 1 rings (SSSR count). The smallest absolute Gasteiger partial charge is 0.192 e. The first-order valence-corrected chi connectivity index (χ1v) is 5.81. The molecule has 0 atom stereocenters. The second-order valence-corrected chi connectivity index (χ2v) is 4.22. The van der Waals surface area contributed by atoms with Crippen LogP contribution in [0.4, 0.5) is 0 Å². The van der Waals surface area contributed by atoms with E-state index in [0.717, 1.165) is 13.0 Å². The van der Waals surface area contributed by atoms with Crippen LogP contribution in [0.5, 0.6) is 0 Å². The maximum atomic E-state index is 5.50. The molecule has 12 heavy (non-hydrogen) atoms. The van der Waals surface area contributed by atoms with E-state index in [2.05, 4.69) is 38.1 Å². The van der Waals surface area contributed by atoms with E-state index in [9.17, 15) is 0 Å². The molecule has 2 heteroatoms. The van der Waals surface area contributed by atoms with Gasteiger partial charge >= 0.3 is 0 Å². The third-order valence-corrected chi connectivity index (χ3v) is 3.57. The summed E-state index contributed by atoms with van der Waals surface area (Å²) < 4.78 is 5.50. The second kappa shape index (κ2) is 5.12. The average molecular weight is 180 g/mol. The lowest BCUT2D eigenvalue weighted by Crippen LogP contribution is -2.21. The largest absolute Gasteiger partial charge is 0.419 e. The zero-order chi connectivity index (χ0) is 8.81. The van der Waals surface area contributed by atoms with Gasteiger partial charge in [-0.05, 0) is 24.1 Å². The molecule has 0 radical (unpaired) electrons. The van der Waals surface area contributed by atoms with Gasteiger partial charge in [0.2, 0.25) is 0 Å². The number of hydrogen-bond acceptors (Lipinski definition) is 1. The van der Waals surface area contributed by atoms with Gasteiger partial charge in [-0.15, -0.1) is 0 Å². The number of hydrogen-bond donors (Lipinski definition) is 0. The lowest BCUT2D eigenvalue weighted by molar-refractivity contribution is 0.367. The summed E-state index contributed by atoms with van der Waals surface area (Å²) >= 11 is 0. The first kappa shape index (κ1) is 9.48. The summed E-state index contributed by atoms with van der Waals surface area (Å²) in [6.07, 6.45) is 1.12. The minimum atomic E-state index is -0.451. The van der Waals surface area contributed by atoms with Crippen molar-refractivity contribution < 1.29 is 4.43 Å². The predicted molar refractivity (Wildman–Crippen MR) is 55.6 cm³/mol. The van der Waals surface area contributed by atoms with Gasteiger partial charge in [-0.1, -0.05) is 31.2 Å². The summed E-state index contributed by atoms with van der Waals surface area (Å²) in [4.78, 5) is 0. The van der Waals surface area contributed by atoms with Crippen molar-refractivity contribution in [1.82, 2.24) is 0 Å².